The van der Waals surface area contributed by atoms with E-state index < -0.39 is 0 Å². The number of anilines is 1. The minimum atomic E-state index is -0.0779. The smallest absolute Gasteiger partial charge is 0.253 e. The lowest BCUT2D eigenvalue weighted by Crippen LogP contribution is -2.26. The molecule has 0 aromatic heterocycles. The van der Waals surface area contributed by atoms with E-state index in [1.165, 1.54) is 0 Å². The number of nitrogens with zero attached hydrogens (tertiary/aromatic N) is 3. The lowest BCUT2D eigenvalue weighted by molar-refractivity contribution is 0.0784. The molecule has 2 aromatic rings. The van der Waals surface area contributed by atoms with Gasteiger partial charge < -0.3 is 10.0 Å². The zero-order valence-electron chi connectivity index (χ0n) is 13.9. The second-order valence-corrected chi connectivity index (χ2v) is 6.05. The zero-order valence-corrected chi connectivity index (χ0v) is 13.9. The van der Waals surface area contributed by atoms with E-state index in [4.69, 9.17) is 0 Å². The number of hydrogen-bond acceptors (Lipinski definition) is 4. The van der Waals surface area contributed by atoms with E-state index in [0.29, 0.717) is 12.1 Å². The first-order valence-electron chi connectivity index (χ1n) is 7.98. The molecule has 0 fully saturated rings. The summed E-state index contributed by atoms with van der Waals surface area (Å²) in [6.45, 7) is 3.26. The van der Waals surface area contributed by atoms with Crippen molar-refractivity contribution in [1.29, 1.82) is 0 Å². The summed E-state index contributed by atoms with van der Waals surface area (Å²) in [6.07, 6.45) is 0.976. The normalized spacial score (nSPS) is 13.8. The average Bonchev–Trinajstić information content (AvgIpc) is 3.03. The molecule has 5 nitrogen and oxygen atoms in total. The van der Waals surface area contributed by atoms with Crippen LogP contribution in [0, 0.1) is 0 Å². The molecule has 0 unspecified atom stereocenters. The van der Waals surface area contributed by atoms with Gasteiger partial charge in [-0.2, -0.15) is 5.10 Å². The van der Waals surface area contributed by atoms with E-state index in [9.17, 15) is 9.90 Å². The summed E-state index contributed by atoms with van der Waals surface area (Å²) in [5, 5.41) is 16.2. The van der Waals surface area contributed by atoms with Crippen LogP contribution in [0.3, 0.4) is 0 Å². The van der Waals surface area contributed by atoms with Crippen molar-refractivity contribution in [2.45, 2.75) is 19.9 Å². The van der Waals surface area contributed by atoms with Gasteiger partial charge in [-0.15, -0.1) is 0 Å². The van der Waals surface area contributed by atoms with Crippen molar-refractivity contribution in [3.05, 3.63) is 59.7 Å². The van der Waals surface area contributed by atoms with Gasteiger partial charge in [-0.25, -0.2) is 0 Å². The van der Waals surface area contributed by atoms with Crippen LogP contribution in [0.5, 0.6) is 5.75 Å². The molecule has 0 bridgehead atoms. The van der Waals surface area contributed by atoms with Gasteiger partial charge in [0.15, 0.2) is 0 Å². The first-order valence-corrected chi connectivity index (χ1v) is 7.98. The van der Waals surface area contributed by atoms with Crippen LogP contribution in [-0.4, -0.2) is 35.2 Å². The first-order chi connectivity index (χ1) is 11.5. The highest BCUT2D eigenvalue weighted by Crippen LogP contribution is 2.21. The fourth-order valence-electron chi connectivity index (χ4n) is 2.73. The molecule has 0 aliphatic carbocycles. The molecule has 24 heavy (non-hydrogen) atoms. The van der Waals surface area contributed by atoms with Crippen molar-refractivity contribution < 1.29 is 9.90 Å². The van der Waals surface area contributed by atoms with Crippen molar-refractivity contribution in [1.82, 2.24) is 4.90 Å². The van der Waals surface area contributed by atoms with Gasteiger partial charge in [0.2, 0.25) is 0 Å². The summed E-state index contributed by atoms with van der Waals surface area (Å²) < 4.78 is 0. The number of para-hydroxylation sites is 1. The molecule has 1 aliphatic rings. The number of rotatable bonds is 4. The van der Waals surface area contributed by atoms with E-state index in [2.05, 4.69) is 5.10 Å². The van der Waals surface area contributed by atoms with Crippen molar-refractivity contribution in [3.63, 3.8) is 0 Å². The van der Waals surface area contributed by atoms with Crippen LogP contribution >= 0.6 is 0 Å². The summed E-state index contributed by atoms with van der Waals surface area (Å²) in [5.41, 5.74) is 3.47. The molecule has 0 saturated carbocycles. The number of aromatic hydroxyl groups is 1. The Hall–Kier alpha value is -2.82. The topological polar surface area (TPSA) is 56.1 Å². The number of carbonyl (C=O) groups excluding carboxylic acids is 1. The average molecular weight is 323 g/mol. The number of carbonyl (C=O) groups is 1. The van der Waals surface area contributed by atoms with Gasteiger partial charge >= 0.3 is 0 Å². The minimum absolute atomic E-state index is 0.0779. The Morgan fingerprint density at radius 1 is 1.21 bits per heavy atom. The third-order valence-electron chi connectivity index (χ3n) is 4.13. The molecule has 124 valence electrons. The molecule has 5 heteroatoms. The standard InChI is InChI=1S/C19H21N3O2/c1-14-11-12-22(20-14)17-9-7-15(8-10-17)19(24)21(2)13-16-5-3-4-6-18(16)23/h3-10,23H,11-13H2,1-2H3. The van der Waals surface area contributed by atoms with Crippen molar-refractivity contribution in [2.75, 3.05) is 18.6 Å². The second-order valence-electron chi connectivity index (χ2n) is 6.05. The predicted molar refractivity (Wildman–Crippen MR) is 95.4 cm³/mol. The van der Waals surface area contributed by atoms with Gasteiger partial charge in [0.05, 0.1) is 5.69 Å². The van der Waals surface area contributed by atoms with Crippen LogP contribution in [0.1, 0.15) is 29.3 Å². The van der Waals surface area contributed by atoms with Crippen LogP contribution in [0.2, 0.25) is 0 Å². The van der Waals surface area contributed by atoms with Gasteiger partial charge in [-0.1, -0.05) is 18.2 Å². The Bertz CT molecular complexity index is 768. The number of benzene rings is 2. The third-order valence-corrected chi connectivity index (χ3v) is 4.13. The van der Waals surface area contributed by atoms with E-state index in [-0.39, 0.29) is 11.7 Å². The summed E-state index contributed by atoms with van der Waals surface area (Å²) in [6, 6.07) is 14.5. The monoisotopic (exact) mass is 323 g/mol. The molecule has 1 aliphatic heterocycles. The number of phenols is 1. The minimum Gasteiger partial charge on any atom is -0.508 e. The molecule has 0 saturated heterocycles. The third kappa shape index (κ3) is 3.40. The highest BCUT2D eigenvalue weighted by molar-refractivity contribution is 5.94. The lowest BCUT2D eigenvalue weighted by Gasteiger charge is -2.19. The lowest BCUT2D eigenvalue weighted by atomic mass is 10.1. The van der Waals surface area contributed by atoms with E-state index in [1.54, 1.807) is 24.1 Å². The van der Waals surface area contributed by atoms with Gasteiger partial charge in [-0.05, 0) is 37.3 Å². The summed E-state index contributed by atoms with van der Waals surface area (Å²) >= 11 is 0. The fourth-order valence-corrected chi connectivity index (χ4v) is 2.73. The molecule has 1 heterocycles. The molecule has 0 atom stereocenters. The largest absolute Gasteiger partial charge is 0.508 e. The molecular formula is C19H21N3O2. The van der Waals surface area contributed by atoms with Crippen LogP contribution in [0.15, 0.2) is 53.6 Å². The highest BCUT2D eigenvalue weighted by Gasteiger charge is 2.16. The zero-order chi connectivity index (χ0) is 17.1. The van der Waals surface area contributed by atoms with E-state index >= 15 is 0 Å². The molecule has 0 spiro atoms. The number of hydrogen-bond donors (Lipinski definition) is 1. The Morgan fingerprint density at radius 2 is 1.92 bits per heavy atom. The Morgan fingerprint density at radius 3 is 2.54 bits per heavy atom. The Labute approximate surface area is 141 Å². The van der Waals surface area contributed by atoms with Crippen LogP contribution in [0.4, 0.5) is 5.69 Å². The highest BCUT2D eigenvalue weighted by atomic mass is 16.3. The Balaban J connectivity index is 1.69. The number of amides is 1. The molecule has 1 amide bonds. The Kier molecular flexibility index (Phi) is 4.51. The molecule has 3 rings (SSSR count). The van der Waals surface area contributed by atoms with Gasteiger partial charge in [-0.3, -0.25) is 9.80 Å². The SMILES string of the molecule is CC1=NN(c2ccc(C(=O)N(C)Cc3ccccc3O)cc2)CC1. The first kappa shape index (κ1) is 16.1. The van der Waals surface area contributed by atoms with Gasteiger partial charge in [0, 0.05) is 43.4 Å². The van der Waals surface area contributed by atoms with Crippen LogP contribution in [-0.2, 0) is 6.54 Å². The fraction of sp³-hybridized carbons (Fsp3) is 0.263. The van der Waals surface area contributed by atoms with E-state index in [0.717, 1.165) is 29.9 Å². The van der Waals surface area contributed by atoms with Crippen molar-refractivity contribution >= 4 is 17.3 Å². The van der Waals surface area contributed by atoms with Crippen molar-refractivity contribution in [2.24, 2.45) is 5.10 Å². The summed E-state index contributed by atoms with van der Waals surface area (Å²) in [7, 11) is 1.73. The number of hydrazone groups is 1. The van der Waals surface area contributed by atoms with E-state index in [1.807, 2.05) is 48.3 Å². The molecule has 1 N–H and O–H groups in total. The van der Waals surface area contributed by atoms with Crippen molar-refractivity contribution in [3.8, 4) is 5.75 Å². The quantitative estimate of drug-likeness (QED) is 0.939. The second kappa shape index (κ2) is 6.74. The maximum absolute atomic E-state index is 12.5. The summed E-state index contributed by atoms with van der Waals surface area (Å²) in [5.74, 6) is 0.126. The van der Waals surface area contributed by atoms with Gasteiger partial charge in [0.1, 0.15) is 5.75 Å². The van der Waals surface area contributed by atoms with Crippen LogP contribution < -0.4 is 5.01 Å². The maximum atomic E-state index is 12.5. The number of phenolic OH excluding ortho intramolecular Hbond substituents is 1. The van der Waals surface area contributed by atoms with Crippen LogP contribution in [0.25, 0.3) is 0 Å². The molecular weight excluding hydrogens is 302 g/mol. The molecule has 0 radical (unpaired) electrons. The van der Waals surface area contributed by atoms with Gasteiger partial charge in [0.25, 0.3) is 5.91 Å². The predicted octanol–water partition coefficient (Wildman–Crippen LogP) is 3.25. The summed E-state index contributed by atoms with van der Waals surface area (Å²) in [4.78, 5) is 14.1. The maximum Gasteiger partial charge on any atom is 0.253 e. The molecule has 2 aromatic carbocycles.